The molecule has 6 nitrogen and oxygen atoms in total. The SMILES string of the molecule is N[C@H]1[C@H](O)[C@H](O)[C@@H](CO)O[C@H]1O. The number of aliphatic hydroxyl groups excluding tert-OH is 4. The number of rotatable bonds is 1. The summed E-state index contributed by atoms with van der Waals surface area (Å²) in [5, 5.41) is 36.1. The van der Waals surface area contributed by atoms with Gasteiger partial charge in [0.25, 0.3) is 0 Å². The van der Waals surface area contributed by atoms with Crippen LogP contribution in [0.4, 0.5) is 0 Å². The van der Waals surface area contributed by atoms with Gasteiger partial charge in [-0.2, -0.15) is 0 Å². The van der Waals surface area contributed by atoms with Gasteiger partial charge >= 0.3 is 0 Å². The Morgan fingerprint density at radius 3 is 2.25 bits per heavy atom. The van der Waals surface area contributed by atoms with Crippen LogP contribution in [-0.2, 0) is 4.74 Å². The number of ether oxygens (including phenoxy) is 1. The summed E-state index contributed by atoms with van der Waals surface area (Å²) in [7, 11) is 0. The summed E-state index contributed by atoms with van der Waals surface area (Å²) >= 11 is 0. The number of hydrogen-bond acceptors (Lipinski definition) is 6. The highest BCUT2D eigenvalue weighted by atomic mass is 16.6. The summed E-state index contributed by atoms with van der Waals surface area (Å²) in [4.78, 5) is 0. The molecular weight excluding hydrogens is 166 g/mol. The van der Waals surface area contributed by atoms with Crippen LogP contribution in [0.15, 0.2) is 0 Å². The second-order valence-corrected chi connectivity index (χ2v) is 2.81. The molecule has 1 aliphatic rings. The van der Waals surface area contributed by atoms with Gasteiger partial charge in [0.2, 0.25) is 0 Å². The van der Waals surface area contributed by atoms with E-state index in [1.165, 1.54) is 0 Å². The molecule has 1 rings (SSSR count). The fraction of sp³-hybridized carbons (Fsp3) is 1.00. The van der Waals surface area contributed by atoms with Crippen molar-refractivity contribution in [3.8, 4) is 0 Å². The summed E-state index contributed by atoms with van der Waals surface area (Å²) in [6, 6.07) is -1.04. The third-order valence-corrected chi connectivity index (χ3v) is 1.95. The summed E-state index contributed by atoms with van der Waals surface area (Å²) in [6.07, 6.45) is -4.85. The van der Waals surface area contributed by atoms with E-state index in [1.807, 2.05) is 0 Å². The first-order valence-corrected chi connectivity index (χ1v) is 3.64. The van der Waals surface area contributed by atoms with Crippen LogP contribution in [0, 0.1) is 0 Å². The molecule has 0 radical (unpaired) electrons. The summed E-state index contributed by atoms with van der Waals surface area (Å²) < 4.78 is 4.70. The second-order valence-electron chi connectivity index (χ2n) is 2.81. The molecule has 6 N–H and O–H groups in total. The molecule has 0 aromatic rings. The zero-order chi connectivity index (χ0) is 9.30. The third-order valence-electron chi connectivity index (χ3n) is 1.95. The third kappa shape index (κ3) is 1.58. The van der Waals surface area contributed by atoms with Crippen molar-refractivity contribution < 1.29 is 25.2 Å². The molecule has 6 heteroatoms. The normalized spacial score (nSPS) is 49.2. The quantitative estimate of drug-likeness (QED) is 0.288. The van der Waals surface area contributed by atoms with E-state index in [-0.39, 0.29) is 0 Å². The molecule has 0 saturated carbocycles. The molecule has 12 heavy (non-hydrogen) atoms. The minimum atomic E-state index is -1.35. The van der Waals surface area contributed by atoms with Crippen molar-refractivity contribution in [3.05, 3.63) is 0 Å². The fourth-order valence-electron chi connectivity index (χ4n) is 1.12. The Morgan fingerprint density at radius 1 is 1.17 bits per heavy atom. The van der Waals surface area contributed by atoms with Crippen molar-refractivity contribution in [1.29, 1.82) is 0 Å². The van der Waals surface area contributed by atoms with Gasteiger partial charge < -0.3 is 30.9 Å². The lowest BCUT2D eigenvalue weighted by atomic mass is 9.98. The predicted molar refractivity (Wildman–Crippen MR) is 38.0 cm³/mol. The Hall–Kier alpha value is -0.240. The van der Waals surface area contributed by atoms with Gasteiger partial charge in [0.15, 0.2) is 6.29 Å². The molecule has 0 aromatic heterocycles. The minimum absolute atomic E-state index is 0.470. The van der Waals surface area contributed by atoms with Crippen molar-refractivity contribution in [2.24, 2.45) is 5.73 Å². The minimum Gasteiger partial charge on any atom is -0.394 e. The molecule has 0 spiro atoms. The topological polar surface area (TPSA) is 116 Å². The van der Waals surface area contributed by atoms with Crippen LogP contribution in [0.1, 0.15) is 0 Å². The lowest BCUT2D eigenvalue weighted by Crippen LogP contribution is -2.61. The molecular formula is C6H13NO5. The summed E-state index contributed by atoms with van der Waals surface area (Å²) in [6.45, 7) is -0.470. The average Bonchev–Trinajstić information content (AvgIpc) is 2.08. The first kappa shape index (κ1) is 9.85. The van der Waals surface area contributed by atoms with E-state index < -0.39 is 37.3 Å². The highest BCUT2D eigenvalue weighted by molar-refractivity contribution is 4.90. The first-order valence-electron chi connectivity index (χ1n) is 3.64. The van der Waals surface area contributed by atoms with E-state index >= 15 is 0 Å². The van der Waals surface area contributed by atoms with Gasteiger partial charge in [0, 0.05) is 0 Å². The molecule has 1 heterocycles. The molecule has 1 saturated heterocycles. The maximum absolute atomic E-state index is 9.20. The summed E-state index contributed by atoms with van der Waals surface area (Å²) in [5.74, 6) is 0. The number of hydrogen-bond donors (Lipinski definition) is 5. The smallest absolute Gasteiger partial charge is 0.173 e. The Bertz CT molecular complexity index is 150. The lowest BCUT2D eigenvalue weighted by Gasteiger charge is -2.38. The Balaban J connectivity index is 2.63. The standard InChI is InChI=1S/C6H13NO5/c7-3-5(10)4(9)2(1-8)12-6(3)11/h2-6,8-11H,1,7H2/t2-,3+,4-,5+,6-/m1/s1. The maximum atomic E-state index is 9.20. The Labute approximate surface area is 69.2 Å². The van der Waals surface area contributed by atoms with Gasteiger partial charge in [-0.1, -0.05) is 0 Å². The highest BCUT2D eigenvalue weighted by Gasteiger charge is 2.41. The molecule has 0 aromatic carbocycles. The molecule has 72 valence electrons. The number of aliphatic hydroxyl groups is 4. The highest BCUT2D eigenvalue weighted by Crippen LogP contribution is 2.17. The van der Waals surface area contributed by atoms with Gasteiger partial charge in [0.1, 0.15) is 18.3 Å². The van der Waals surface area contributed by atoms with Crippen LogP contribution < -0.4 is 5.73 Å². The van der Waals surface area contributed by atoms with E-state index in [2.05, 4.69) is 0 Å². The van der Waals surface area contributed by atoms with Gasteiger partial charge in [0.05, 0.1) is 12.6 Å². The van der Waals surface area contributed by atoms with Crippen LogP contribution >= 0.6 is 0 Å². The largest absolute Gasteiger partial charge is 0.394 e. The van der Waals surface area contributed by atoms with Gasteiger partial charge in [-0.15, -0.1) is 0 Å². The first-order chi connectivity index (χ1) is 5.57. The predicted octanol–water partition coefficient (Wildman–Crippen LogP) is -3.26. The van der Waals surface area contributed by atoms with Crippen molar-refractivity contribution >= 4 is 0 Å². The van der Waals surface area contributed by atoms with Crippen molar-refractivity contribution in [3.63, 3.8) is 0 Å². The van der Waals surface area contributed by atoms with Crippen LogP contribution in [0.3, 0.4) is 0 Å². The Kier molecular flexibility index (Phi) is 2.99. The van der Waals surface area contributed by atoms with Crippen LogP contribution in [-0.4, -0.2) is 57.7 Å². The van der Waals surface area contributed by atoms with E-state index in [0.29, 0.717) is 0 Å². The molecule has 0 amide bonds. The van der Waals surface area contributed by atoms with E-state index in [9.17, 15) is 10.2 Å². The van der Waals surface area contributed by atoms with E-state index in [1.54, 1.807) is 0 Å². The van der Waals surface area contributed by atoms with Crippen molar-refractivity contribution in [2.45, 2.75) is 30.6 Å². The van der Waals surface area contributed by atoms with E-state index in [0.717, 1.165) is 0 Å². The van der Waals surface area contributed by atoms with Crippen LogP contribution in [0.5, 0.6) is 0 Å². The fourth-order valence-corrected chi connectivity index (χ4v) is 1.12. The summed E-state index contributed by atoms with van der Waals surface area (Å²) in [5.41, 5.74) is 5.26. The van der Waals surface area contributed by atoms with Gasteiger partial charge in [-0.05, 0) is 0 Å². The lowest BCUT2D eigenvalue weighted by molar-refractivity contribution is -0.248. The molecule has 0 aliphatic carbocycles. The zero-order valence-electron chi connectivity index (χ0n) is 6.37. The second kappa shape index (κ2) is 3.65. The Morgan fingerprint density at radius 2 is 1.75 bits per heavy atom. The molecule has 1 fully saturated rings. The van der Waals surface area contributed by atoms with E-state index in [4.69, 9.17) is 20.7 Å². The monoisotopic (exact) mass is 179 g/mol. The van der Waals surface area contributed by atoms with Crippen molar-refractivity contribution in [1.82, 2.24) is 0 Å². The maximum Gasteiger partial charge on any atom is 0.173 e. The average molecular weight is 179 g/mol. The molecule has 0 bridgehead atoms. The van der Waals surface area contributed by atoms with Crippen molar-refractivity contribution in [2.75, 3.05) is 6.61 Å². The number of nitrogens with two attached hydrogens (primary N) is 1. The molecule has 0 unspecified atom stereocenters. The van der Waals surface area contributed by atoms with Gasteiger partial charge in [-0.25, -0.2) is 0 Å². The molecule has 1 aliphatic heterocycles. The van der Waals surface area contributed by atoms with Crippen LogP contribution in [0.25, 0.3) is 0 Å². The zero-order valence-corrected chi connectivity index (χ0v) is 6.37. The van der Waals surface area contributed by atoms with Crippen LogP contribution in [0.2, 0.25) is 0 Å². The van der Waals surface area contributed by atoms with Gasteiger partial charge in [-0.3, -0.25) is 0 Å². The molecule has 5 atom stereocenters.